The number of hydrogen-bond acceptors (Lipinski definition) is 5. The Bertz CT molecular complexity index is 1050. The lowest BCUT2D eigenvalue weighted by Gasteiger charge is -2.06. The third-order valence-electron chi connectivity index (χ3n) is 3.96. The third kappa shape index (κ3) is 2.34. The number of imidazole rings is 1. The molecule has 0 spiro atoms. The van der Waals surface area contributed by atoms with Crippen LogP contribution in [0.25, 0.3) is 28.3 Å². The van der Waals surface area contributed by atoms with E-state index in [0.717, 1.165) is 33.7 Å². The van der Waals surface area contributed by atoms with Crippen LogP contribution in [0.3, 0.4) is 0 Å². The Balaban J connectivity index is 1.82. The van der Waals surface area contributed by atoms with Crippen LogP contribution < -0.4 is 11.5 Å². The van der Waals surface area contributed by atoms with Crippen molar-refractivity contribution in [3.8, 4) is 22.6 Å². The minimum absolute atomic E-state index is 0.490. The molecule has 0 fully saturated rings. The van der Waals surface area contributed by atoms with Crippen molar-refractivity contribution in [3.63, 3.8) is 0 Å². The van der Waals surface area contributed by atoms with Crippen molar-refractivity contribution in [3.05, 3.63) is 60.6 Å². The van der Waals surface area contributed by atoms with Gasteiger partial charge in [-0.05, 0) is 31.2 Å². The molecule has 0 amide bonds. The van der Waals surface area contributed by atoms with Crippen LogP contribution >= 0.6 is 0 Å². The van der Waals surface area contributed by atoms with Gasteiger partial charge in [0.1, 0.15) is 11.5 Å². The summed E-state index contributed by atoms with van der Waals surface area (Å²) in [5.74, 6) is 1.08. The number of nitrogens with zero attached hydrogens (tertiary/aromatic N) is 4. The molecule has 4 rings (SSSR count). The predicted molar refractivity (Wildman–Crippen MR) is 95.2 cm³/mol. The zero-order valence-electron chi connectivity index (χ0n) is 13.1. The van der Waals surface area contributed by atoms with Crippen molar-refractivity contribution in [2.75, 3.05) is 11.5 Å². The van der Waals surface area contributed by atoms with E-state index in [1.165, 1.54) is 0 Å². The van der Waals surface area contributed by atoms with Gasteiger partial charge in [0.2, 0.25) is 0 Å². The van der Waals surface area contributed by atoms with Gasteiger partial charge in [-0.2, -0.15) is 0 Å². The van der Waals surface area contributed by atoms with E-state index in [0.29, 0.717) is 11.6 Å². The van der Waals surface area contributed by atoms with Gasteiger partial charge in [0.25, 0.3) is 0 Å². The largest absolute Gasteiger partial charge is 0.399 e. The molecule has 0 saturated carbocycles. The molecule has 6 nitrogen and oxygen atoms in total. The fourth-order valence-electron chi connectivity index (χ4n) is 2.63. The zero-order chi connectivity index (χ0) is 16.7. The molecule has 6 heteroatoms. The lowest BCUT2D eigenvalue weighted by Crippen LogP contribution is -1.99. The summed E-state index contributed by atoms with van der Waals surface area (Å²) in [6.07, 6.45) is 5.51. The zero-order valence-corrected chi connectivity index (χ0v) is 13.1. The summed E-state index contributed by atoms with van der Waals surface area (Å²) in [6.45, 7) is 1.88. The predicted octanol–water partition coefficient (Wildman–Crippen LogP) is 2.93. The van der Waals surface area contributed by atoms with Crippen LogP contribution in [-0.2, 0) is 0 Å². The molecule has 0 unspecified atom stereocenters. The molecule has 0 aliphatic carbocycles. The first-order valence-electron chi connectivity index (χ1n) is 7.54. The molecular weight excluding hydrogens is 300 g/mol. The molecule has 3 heterocycles. The van der Waals surface area contributed by atoms with E-state index in [2.05, 4.69) is 15.0 Å². The van der Waals surface area contributed by atoms with Crippen molar-refractivity contribution < 1.29 is 0 Å². The number of benzene rings is 1. The number of rotatable bonds is 2. The highest BCUT2D eigenvalue weighted by atomic mass is 15.0. The first kappa shape index (κ1) is 14.2. The number of aromatic nitrogens is 4. The molecule has 118 valence electrons. The van der Waals surface area contributed by atoms with Crippen LogP contribution in [0, 0.1) is 6.92 Å². The molecule has 4 aromatic rings. The van der Waals surface area contributed by atoms with Gasteiger partial charge in [-0.3, -0.25) is 4.40 Å². The van der Waals surface area contributed by atoms with Gasteiger partial charge >= 0.3 is 0 Å². The van der Waals surface area contributed by atoms with Crippen molar-refractivity contribution >= 4 is 17.2 Å². The standard InChI is InChI=1S/C18H16N6/c1-11-9-22-18(23-17(11)20)13-5-6-24-15(10-21-16(24)8-13)12-3-2-4-14(19)7-12/h2-10H,19H2,1H3,(H2,20,22,23). The highest BCUT2D eigenvalue weighted by molar-refractivity contribution is 5.70. The molecule has 4 N–H and O–H groups in total. The van der Waals surface area contributed by atoms with E-state index in [4.69, 9.17) is 11.5 Å². The Hall–Kier alpha value is -3.41. The number of pyridine rings is 1. The van der Waals surface area contributed by atoms with Crippen LogP contribution in [0.5, 0.6) is 0 Å². The maximum Gasteiger partial charge on any atom is 0.161 e. The molecule has 0 aliphatic rings. The highest BCUT2D eigenvalue weighted by Gasteiger charge is 2.09. The molecule has 0 radical (unpaired) electrons. The normalized spacial score (nSPS) is 11.0. The Labute approximate surface area is 138 Å². The number of nitrogens with two attached hydrogens (primary N) is 2. The molecule has 3 aromatic heterocycles. The first-order valence-corrected chi connectivity index (χ1v) is 7.54. The maximum atomic E-state index is 5.88. The number of hydrogen-bond donors (Lipinski definition) is 2. The van der Waals surface area contributed by atoms with E-state index < -0.39 is 0 Å². The van der Waals surface area contributed by atoms with Gasteiger partial charge in [-0.25, -0.2) is 15.0 Å². The fourth-order valence-corrected chi connectivity index (χ4v) is 2.63. The van der Waals surface area contributed by atoms with Crippen molar-refractivity contribution in [2.24, 2.45) is 0 Å². The van der Waals surface area contributed by atoms with Crippen LogP contribution in [0.2, 0.25) is 0 Å². The average molecular weight is 316 g/mol. The average Bonchev–Trinajstić information content (AvgIpc) is 3.00. The van der Waals surface area contributed by atoms with Crippen LogP contribution in [0.15, 0.2) is 55.0 Å². The molecule has 0 aliphatic heterocycles. The minimum atomic E-state index is 0.490. The Kier molecular flexibility index (Phi) is 3.16. The smallest absolute Gasteiger partial charge is 0.161 e. The summed E-state index contributed by atoms with van der Waals surface area (Å²) in [5, 5.41) is 0. The second-order valence-electron chi connectivity index (χ2n) is 5.67. The lowest BCUT2D eigenvalue weighted by atomic mass is 10.1. The molecule has 24 heavy (non-hydrogen) atoms. The molecule has 0 atom stereocenters. The summed E-state index contributed by atoms with van der Waals surface area (Å²) in [4.78, 5) is 13.2. The van der Waals surface area contributed by atoms with Gasteiger partial charge in [0, 0.05) is 34.8 Å². The fraction of sp³-hybridized carbons (Fsp3) is 0.0556. The second-order valence-corrected chi connectivity index (χ2v) is 5.67. The molecule has 0 saturated heterocycles. The van der Waals surface area contributed by atoms with Crippen LogP contribution in [0.4, 0.5) is 11.5 Å². The Morgan fingerprint density at radius 2 is 1.83 bits per heavy atom. The summed E-state index contributed by atoms with van der Waals surface area (Å²) in [6, 6.07) is 11.6. The van der Waals surface area contributed by atoms with E-state index in [1.807, 2.05) is 60.1 Å². The summed E-state index contributed by atoms with van der Waals surface area (Å²) in [7, 11) is 0. The number of anilines is 2. The van der Waals surface area contributed by atoms with E-state index >= 15 is 0 Å². The van der Waals surface area contributed by atoms with Crippen molar-refractivity contribution in [2.45, 2.75) is 6.92 Å². The van der Waals surface area contributed by atoms with Crippen molar-refractivity contribution in [1.29, 1.82) is 0 Å². The molecule has 1 aromatic carbocycles. The number of aryl methyl sites for hydroxylation is 1. The Morgan fingerprint density at radius 1 is 0.958 bits per heavy atom. The third-order valence-corrected chi connectivity index (χ3v) is 3.96. The van der Waals surface area contributed by atoms with Crippen molar-refractivity contribution in [1.82, 2.24) is 19.4 Å². The van der Waals surface area contributed by atoms with E-state index in [-0.39, 0.29) is 0 Å². The number of fused-ring (bicyclic) bond motifs is 1. The maximum absolute atomic E-state index is 5.88. The molecular formula is C18H16N6. The lowest BCUT2D eigenvalue weighted by molar-refractivity contribution is 1.13. The Morgan fingerprint density at radius 3 is 2.62 bits per heavy atom. The summed E-state index contributed by atoms with van der Waals surface area (Å²) in [5.41, 5.74) is 17.0. The summed E-state index contributed by atoms with van der Waals surface area (Å²) < 4.78 is 2.01. The van der Waals surface area contributed by atoms with Gasteiger partial charge in [0.15, 0.2) is 5.82 Å². The monoisotopic (exact) mass is 316 g/mol. The minimum Gasteiger partial charge on any atom is -0.399 e. The first-order chi connectivity index (χ1) is 11.6. The van der Waals surface area contributed by atoms with Crippen LogP contribution in [-0.4, -0.2) is 19.4 Å². The van der Waals surface area contributed by atoms with Gasteiger partial charge in [-0.1, -0.05) is 12.1 Å². The summed E-state index contributed by atoms with van der Waals surface area (Å²) >= 11 is 0. The van der Waals surface area contributed by atoms with Gasteiger partial charge in [-0.15, -0.1) is 0 Å². The quantitative estimate of drug-likeness (QED) is 0.554. The highest BCUT2D eigenvalue weighted by Crippen LogP contribution is 2.25. The SMILES string of the molecule is Cc1cnc(-c2ccn3c(-c4cccc(N)c4)cnc3c2)nc1N. The topological polar surface area (TPSA) is 95.1 Å². The van der Waals surface area contributed by atoms with Crippen LogP contribution in [0.1, 0.15) is 5.56 Å². The second kappa shape index (κ2) is 5.34. The van der Waals surface area contributed by atoms with E-state index in [1.54, 1.807) is 6.20 Å². The van der Waals surface area contributed by atoms with Gasteiger partial charge in [0.05, 0.1) is 11.9 Å². The molecule has 0 bridgehead atoms. The van der Waals surface area contributed by atoms with Gasteiger partial charge < -0.3 is 11.5 Å². The number of nitrogen functional groups attached to an aromatic ring is 2. The van der Waals surface area contributed by atoms with E-state index in [9.17, 15) is 0 Å².